The lowest BCUT2D eigenvalue weighted by Gasteiger charge is -2.61. The Morgan fingerprint density at radius 1 is 0.968 bits per heavy atom. The molecule has 1 N–H and O–H groups in total. The smallest absolute Gasteiger partial charge is 0.337 e. The Labute approximate surface area is 179 Å². The van der Waals surface area contributed by atoms with Crippen molar-refractivity contribution in [2.24, 2.45) is 5.41 Å². The second kappa shape index (κ2) is 6.87. The number of rotatable bonds is 5. The molecule has 0 unspecified atom stereocenters. The molecule has 1 aromatic heterocycles. The van der Waals surface area contributed by atoms with E-state index in [9.17, 15) is 20.0 Å². The average molecular weight is 418 g/mol. The van der Waals surface area contributed by atoms with Crippen molar-refractivity contribution in [2.45, 2.75) is 6.92 Å². The number of aryl methyl sites for hydroxylation is 1. The van der Waals surface area contributed by atoms with Crippen LogP contribution in [0.3, 0.4) is 0 Å². The number of carboxylic acids is 1. The Bertz CT molecular complexity index is 1170. The van der Waals surface area contributed by atoms with E-state index in [4.69, 9.17) is 0 Å². The second-order valence-electron chi connectivity index (χ2n) is 8.48. The fourth-order valence-electron chi connectivity index (χ4n) is 4.94. The first-order valence-electron chi connectivity index (χ1n) is 10.1. The molecule has 8 heteroatoms. The monoisotopic (exact) mass is 418 g/mol. The number of aromatic carboxylic acids is 1. The minimum absolute atomic E-state index is 0.0728. The number of hydrogen-bond acceptors (Lipinski definition) is 5. The number of aromatic nitrogens is 1. The quantitative estimate of drug-likeness (QED) is 0.502. The predicted molar refractivity (Wildman–Crippen MR) is 117 cm³/mol. The van der Waals surface area contributed by atoms with E-state index in [1.807, 2.05) is 48.1 Å². The number of para-hydroxylation sites is 2. The van der Waals surface area contributed by atoms with Crippen LogP contribution in [0.25, 0.3) is 5.69 Å². The highest BCUT2D eigenvalue weighted by molar-refractivity contribution is 5.96. The second-order valence-corrected chi connectivity index (χ2v) is 8.48. The lowest BCUT2D eigenvalue weighted by Crippen LogP contribution is -2.72. The number of anilines is 2. The number of carboxylic acid groups (broad SMARTS) is 1. The minimum atomic E-state index is -0.952. The van der Waals surface area contributed by atoms with E-state index in [1.54, 1.807) is 18.2 Å². The summed E-state index contributed by atoms with van der Waals surface area (Å²) < 4.78 is 1.86. The molecule has 0 atom stereocenters. The summed E-state index contributed by atoms with van der Waals surface area (Å²) in [7, 11) is 0. The summed E-state index contributed by atoms with van der Waals surface area (Å²) in [5.74, 6) is -0.952. The molecule has 31 heavy (non-hydrogen) atoms. The van der Waals surface area contributed by atoms with Crippen molar-refractivity contribution < 1.29 is 14.8 Å². The summed E-state index contributed by atoms with van der Waals surface area (Å²) in [6, 6.07) is 14.1. The van der Waals surface area contributed by atoms with Crippen LogP contribution < -0.4 is 9.80 Å². The van der Waals surface area contributed by atoms with Gasteiger partial charge in [-0.3, -0.25) is 10.1 Å². The molecule has 2 aliphatic heterocycles. The van der Waals surface area contributed by atoms with E-state index < -0.39 is 5.97 Å². The lowest BCUT2D eigenvalue weighted by molar-refractivity contribution is -0.384. The first-order chi connectivity index (χ1) is 14.9. The largest absolute Gasteiger partial charge is 0.478 e. The van der Waals surface area contributed by atoms with Crippen LogP contribution >= 0.6 is 0 Å². The lowest BCUT2D eigenvalue weighted by atomic mass is 9.72. The Morgan fingerprint density at radius 3 is 2.26 bits per heavy atom. The van der Waals surface area contributed by atoms with Gasteiger partial charge in [0.25, 0.3) is 5.69 Å². The third kappa shape index (κ3) is 3.02. The molecular formula is C23H22N4O4. The summed E-state index contributed by atoms with van der Waals surface area (Å²) in [5, 5.41) is 21.1. The normalized spacial score (nSPS) is 16.7. The first kappa shape index (κ1) is 19.2. The van der Waals surface area contributed by atoms with Crippen LogP contribution in [0.4, 0.5) is 17.1 Å². The topological polar surface area (TPSA) is 91.8 Å². The third-order valence-corrected chi connectivity index (χ3v) is 6.29. The van der Waals surface area contributed by atoms with E-state index in [0.717, 1.165) is 37.4 Å². The van der Waals surface area contributed by atoms with Crippen molar-refractivity contribution in [3.8, 4) is 5.69 Å². The average Bonchev–Trinajstić information content (AvgIpc) is 3.21. The minimum Gasteiger partial charge on any atom is -0.478 e. The maximum absolute atomic E-state index is 11.9. The van der Waals surface area contributed by atoms with Gasteiger partial charge < -0.3 is 19.5 Å². The van der Waals surface area contributed by atoms with E-state index in [2.05, 4.69) is 9.80 Å². The molecule has 0 aliphatic carbocycles. The molecule has 0 bridgehead atoms. The number of nitro benzene ring substituents is 1. The maximum atomic E-state index is 11.9. The number of nitrogens with zero attached hydrogens (tertiary/aromatic N) is 4. The molecule has 0 radical (unpaired) electrons. The van der Waals surface area contributed by atoms with Crippen LogP contribution in [0.5, 0.6) is 0 Å². The van der Waals surface area contributed by atoms with Gasteiger partial charge in [-0.1, -0.05) is 18.2 Å². The number of carbonyl (C=O) groups is 1. The Hall–Kier alpha value is -3.81. The van der Waals surface area contributed by atoms with Crippen LogP contribution in [0.2, 0.25) is 0 Å². The number of hydrogen-bond donors (Lipinski definition) is 1. The molecule has 3 aromatic rings. The molecule has 2 aliphatic rings. The van der Waals surface area contributed by atoms with Crippen molar-refractivity contribution in [1.82, 2.24) is 4.57 Å². The van der Waals surface area contributed by atoms with Gasteiger partial charge in [-0.15, -0.1) is 0 Å². The maximum Gasteiger partial charge on any atom is 0.337 e. The van der Waals surface area contributed by atoms with Crippen LogP contribution in [0.15, 0.2) is 60.9 Å². The molecule has 8 nitrogen and oxygen atoms in total. The van der Waals surface area contributed by atoms with E-state index in [1.165, 1.54) is 6.07 Å². The number of nitro groups is 1. The van der Waals surface area contributed by atoms with Crippen molar-refractivity contribution in [3.05, 3.63) is 82.2 Å². The highest BCUT2D eigenvalue weighted by Gasteiger charge is 2.53. The highest BCUT2D eigenvalue weighted by Crippen LogP contribution is 2.47. The van der Waals surface area contributed by atoms with Crippen molar-refractivity contribution in [2.75, 3.05) is 36.0 Å². The van der Waals surface area contributed by atoms with Crippen molar-refractivity contribution in [3.63, 3.8) is 0 Å². The fraction of sp³-hybridized carbons (Fsp3) is 0.261. The zero-order valence-corrected chi connectivity index (χ0v) is 17.1. The van der Waals surface area contributed by atoms with Crippen LogP contribution in [0, 0.1) is 22.5 Å². The van der Waals surface area contributed by atoms with Crippen molar-refractivity contribution >= 4 is 23.0 Å². The molecule has 2 aromatic carbocycles. The van der Waals surface area contributed by atoms with Gasteiger partial charge in [-0.25, -0.2) is 4.79 Å². The molecule has 158 valence electrons. The summed E-state index contributed by atoms with van der Waals surface area (Å²) in [4.78, 5) is 27.2. The molecule has 5 rings (SSSR count). The predicted octanol–water partition coefficient (Wildman–Crippen LogP) is 3.72. The standard InChI is InChI=1S/C23H22N4O4/c1-16-8-9-17(22(28)29)21(24-10-4-5-11-24)20(16)26-14-23(15-26)12-25(13-23)18-6-2-3-7-19(18)27(30)31/h2-11H,12-15H2,1H3,(H,28,29). The van der Waals surface area contributed by atoms with Gasteiger partial charge in [-0.2, -0.15) is 0 Å². The van der Waals surface area contributed by atoms with Gasteiger partial charge in [0.1, 0.15) is 5.69 Å². The summed E-state index contributed by atoms with van der Waals surface area (Å²) in [5.41, 5.74) is 3.78. The molecule has 2 saturated heterocycles. The molecular weight excluding hydrogens is 396 g/mol. The van der Waals surface area contributed by atoms with Gasteiger partial charge in [-0.05, 0) is 36.8 Å². The SMILES string of the molecule is Cc1ccc(C(=O)O)c(-n2cccc2)c1N1CC2(CN(c3ccccc3[N+](=O)[O-])C2)C1. The van der Waals surface area contributed by atoms with Gasteiger partial charge in [0, 0.05) is 50.1 Å². The van der Waals surface area contributed by atoms with Gasteiger partial charge in [0.05, 0.1) is 21.9 Å². The van der Waals surface area contributed by atoms with E-state index in [0.29, 0.717) is 11.4 Å². The number of benzene rings is 2. The Balaban J connectivity index is 1.40. The van der Waals surface area contributed by atoms with E-state index in [-0.39, 0.29) is 21.6 Å². The molecule has 2 fully saturated rings. The molecule has 0 amide bonds. The zero-order valence-electron chi connectivity index (χ0n) is 17.1. The molecule has 0 saturated carbocycles. The third-order valence-electron chi connectivity index (χ3n) is 6.29. The molecule has 1 spiro atoms. The summed E-state index contributed by atoms with van der Waals surface area (Å²) in [6.45, 7) is 5.10. The van der Waals surface area contributed by atoms with Crippen LogP contribution in [-0.4, -0.2) is 46.7 Å². The molecule has 3 heterocycles. The summed E-state index contributed by atoms with van der Waals surface area (Å²) >= 11 is 0. The first-order valence-corrected chi connectivity index (χ1v) is 10.1. The van der Waals surface area contributed by atoms with Crippen LogP contribution in [0.1, 0.15) is 15.9 Å². The summed E-state index contributed by atoms with van der Waals surface area (Å²) in [6.07, 6.45) is 3.72. The van der Waals surface area contributed by atoms with Gasteiger partial charge in [0.2, 0.25) is 0 Å². The highest BCUT2D eigenvalue weighted by atomic mass is 16.6. The fourth-order valence-corrected chi connectivity index (χ4v) is 4.94. The van der Waals surface area contributed by atoms with Gasteiger partial charge >= 0.3 is 5.97 Å². The van der Waals surface area contributed by atoms with Gasteiger partial charge in [0.15, 0.2) is 0 Å². The Kier molecular flexibility index (Phi) is 4.25. The van der Waals surface area contributed by atoms with Crippen molar-refractivity contribution in [1.29, 1.82) is 0 Å². The zero-order chi connectivity index (χ0) is 21.8. The Morgan fingerprint density at radius 2 is 1.61 bits per heavy atom. The van der Waals surface area contributed by atoms with E-state index >= 15 is 0 Å². The van der Waals surface area contributed by atoms with Crippen LogP contribution in [-0.2, 0) is 0 Å².